The summed E-state index contributed by atoms with van der Waals surface area (Å²) >= 11 is 0. The number of benzene rings is 1. The maximum Gasteiger partial charge on any atom is 0.319 e. The highest BCUT2D eigenvalue weighted by molar-refractivity contribution is 6.05. The van der Waals surface area contributed by atoms with Crippen molar-refractivity contribution in [1.82, 2.24) is 9.55 Å². The molecular formula is C28H33N5O4. The zero-order valence-electron chi connectivity index (χ0n) is 21.3. The van der Waals surface area contributed by atoms with Gasteiger partial charge in [-0.05, 0) is 49.7 Å². The number of carbonyl (C=O) groups excluding carboxylic acids is 3. The molecule has 1 amide bonds. The molecule has 0 saturated heterocycles. The van der Waals surface area contributed by atoms with E-state index < -0.39 is 11.9 Å². The molecule has 0 bridgehead atoms. The van der Waals surface area contributed by atoms with Crippen molar-refractivity contribution >= 4 is 34.4 Å². The molecule has 1 saturated carbocycles. The number of rotatable bonds is 6. The second kappa shape index (κ2) is 9.63. The van der Waals surface area contributed by atoms with Crippen LogP contribution in [0.25, 0.3) is 22.0 Å². The summed E-state index contributed by atoms with van der Waals surface area (Å²) in [7, 11) is 0. The minimum Gasteiger partial charge on any atom is -0.461 e. The fraction of sp³-hybridized carbons (Fsp3) is 0.429. The van der Waals surface area contributed by atoms with Crippen LogP contribution in [-0.4, -0.2) is 46.0 Å². The largest absolute Gasteiger partial charge is 0.461 e. The summed E-state index contributed by atoms with van der Waals surface area (Å²) in [6, 6.07) is 9.89. The van der Waals surface area contributed by atoms with Crippen LogP contribution in [0.2, 0.25) is 0 Å². The lowest BCUT2D eigenvalue weighted by molar-refractivity contribution is -0.148. The van der Waals surface area contributed by atoms with E-state index in [9.17, 15) is 14.4 Å². The smallest absolute Gasteiger partial charge is 0.319 e. The van der Waals surface area contributed by atoms with E-state index in [1.54, 1.807) is 6.20 Å². The van der Waals surface area contributed by atoms with Crippen molar-refractivity contribution in [3.8, 4) is 11.1 Å². The summed E-state index contributed by atoms with van der Waals surface area (Å²) in [5, 5.41) is 4.45. The van der Waals surface area contributed by atoms with Crippen LogP contribution in [-0.2, 0) is 16.0 Å². The van der Waals surface area contributed by atoms with Gasteiger partial charge in [-0.1, -0.05) is 32.0 Å². The maximum atomic E-state index is 13.2. The van der Waals surface area contributed by atoms with Gasteiger partial charge in [0.05, 0.1) is 17.7 Å². The van der Waals surface area contributed by atoms with Gasteiger partial charge in [0.1, 0.15) is 6.10 Å². The number of ether oxygens (including phenoxy) is 1. The molecular weight excluding hydrogens is 470 g/mol. The van der Waals surface area contributed by atoms with Gasteiger partial charge in [0.15, 0.2) is 5.69 Å². The quantitative estimate of drug-likeness (QED) is 0.436. The average molecular weight is 504 g/mol. The van der Waals surface area contributed by atoms with E-state index in [1.807, 2.05) is 34.9 Å². The summed E-state index contributed by atoms with van der Waals surface area (Å²) in [6.07, 6.45) is 5.68. The van der Waals surface area contributed by atoms with E-state index in [1.165, 1.54) is 0 Å². The number of hydrogen-bond acceptors (Lipinski definition) is 7. The third-order valence-electron chi connectivity index (χ3n) is 7.41. The molecule has 3 heterocycles. The first kappa shape index (κ1) is 25.0. The van der Waals surface area contributed by atoms with Crippen LogP contribution in [0.15, 0.2) is 36.5 Å². The molecule has 9 nitrogen and oxygen atoms in total. The first-order chi connectivity index (χ1) is 17.7. The van der Waals surface area contributed by atoms with Crippen molar-refractivity contribution in [2.45, 2.75) is 64.5 Å². The molecule has 5 N–H and O–H groups in total. The van der Waals surface area contributed by atoms with Crippen molar-refractivity contribution in [3.63, 3.8) is 0 Å². The zero-order valence-corrected chi connectivity index (χ0v) is 21.3. The van der Waals surface area contributed by atoms with Crippen LogP contribution in [0.3, 0.4) is 0 Å². The summed E-state index contributed by atoms with van der Waals surface area (Å²) in [5.41, 5.74) is 15.2. The number of carbonyl (C=O) groups is 3. The Balaban J connectivity index is 1.51. The Hall–Kier alpha value is -3.72. The van der Waals surface area contributed by atoms with Gasteiger partial charge in [0.25, 0.3) is 5.91 Å². The fourth-order valence-electron chi connectivity index (χ4n) is 5.76. The van der Waals surface area contributed by atoms with Crippen LogP contribution < -0.4 is 16.8 Å². The van der Waals surface area contributed by atoms with Crippen LogP contribution in [0, 0.1) is 5.41 Å². The Kier molecular flexibility index (Phi) is 6.49. The summed E-state index contributed by atoms with van der Waals surface area (Å²) < 4.78 is 7.22. The number of esters is 1. The SMILES string of the molecule is CC1(C)CC(=O)n2c(c(-c3cnc(C(N)=O)c(NC4CCC(OC(=O)CN)CC4)c3)c3ccccc32)C1. The van der Waals surface area contributed by atoms with Crippen molar-refractivity contribution in [1.29, 1.82) is 0 Å². The van der Waals surface area contributed by atoms with Crippen molar-refractivity contribution in [2.75, 3.05) is 11.9 Å². The minimum absolute atomic E-state index is 0.0724. The molecule has 3 aromatic rings. The normalized spacial score (nSPS) is 20.9. The molecule has 37 heavy (non-hydrogen) atoms. The number of anilines is 1. The molecule has 1 aromatic carbocycles. The van der Waals surface area contributed by atoms with Gasteiger partial charge in [-0.15, -0.1) is 0 Å². The van der Waals surface area contributed by atoms with Gasteiger partial charge in [0.2, 0.25) is 5.91 Å². The molecule has 0 radical (unpaired) electrons. The predicted octanol–water partition coefficient (Wildman–Crippen LogP) is 3.64. The van der Waals surface area contributed by atoms with Gasteiger partial charge >= 0.3 is 5.97 Å². The van der Waals surface area contributed by atoms with E-state index in [0.29, 0.717) is 24.9 Å². The first-order valence-corrected chi connectivity index (χ1v) is 12.8. The lowest BCUT2D eigenvalue weighted by Crippen LogP contribution is -2.33. The van der Waals surface area contributed by atoms with Crippen molar-refractivity contribution in [3.05, 3.63) is 47.9 Å². The van der Waals surface area contributed by atoms with Gasteiger partial charge in [-0.3, -0.25) is 19.0 Å². The van der Waals surface area contributed by atoms with Crippen molar-refractivity contribution in [2.24, 2.45) is 16.9 Å². The number of para-hydroxylation sites is 1. The van der Waals surface area contributed by atoms with Gasteiger partial charge in [-0.25, -0.2) is 4.98 Å². The third-order valence-corrected chi connectivity index (χ3v) is 7.41. The van der Waals surface area contributed by atoms with Gasteiger partial charge < -0.3 is 21.5 Å². The number of pyridine rings is 1. The second-order valence-corrected chi connectivity index (χ2v) is 10.9. The Morgan fingerprint density at radius 2 is 1.89 bits per heavy atom. The lowest BCUT2D eigenvalue weighted by Gasteiger charge is -2.31. The van der Waals surface area contributed by atoms with Crippen LogP contribution >= 0.6 is 0 Å². The van der Waals surface area contributed by atoms with E-state index in [-0.39, 0.29) is 35.7 Å². The van der Waals surface area contributed by atoms with Gasteiger partial charge in [0, 0.05) is 40.9 Å². The Morgan fingerprint density at radius 3 is 2.59 bits per heavy atom. The Morgan fingerprint density at radius 1 is 1.16 bits per heavy atom. The fourth-order valence-corrected chi connectivity index (χ4v) is 5.76. The number of hydrogen-bond donors (Lipinski definition) is 3. The van der Waals surface area contributed by atoms with E-state index in [0.717, 1.165) is 47.0 Å². The minimum atomic E-state index is -0.611. The number of primary amides is 1. The molecule has 1 fully saturated rings. The molecule has 2 aliphatic rings. The number of nitrogens with one attached hydrogen (secondary N) is 1. The Bertz CT molecular complexity index is 1380. The highest BCUT2D eigenvalue weighted by Gasteiger charge is 2.35. The molecule has 0 unspecified atom stereocenters. The number of fused-ring (bicyclic) bond motifs is 3. The molecule has 2 aromatic heterocycles. The number of amides is 1. The molecule has 5 rings (SSSR count). The topological polar surface area (TPSA) is 142 Å². The highest BCUT2D eigenvalue weighted by Crippen LogP contribution is 2.43. The van der Waals surface area contributed by atoms with Gasteiger partial charge in [-0.2, -0.15) is 0 Å². The standard InChI is InChI=1S/C28H33N5O4/c1-28(2)12-22-25(19-5-3-4-6-21(19)33(22)23(34)13-28)16-11-20(26(27(30)36)31-15-16)32-17-7-9-18(10-8-17)37-24(35)14-29/h3-6,11,15,17-18,32H,7-10,12-14,29H2,1-2H3,(H2,30,36). The summed E-state index contributed by atoms with van der Waals surface area (Å²) in [4.78, 5) is 41.4. The average Bonchev–Trinajstić information content (AvgIpc) is 3.18. The van der Waals surface area contributed by atoms with E-state index in [4.69, 9.17) is 16.2 Å². The van der Waals surface area contributed by atoms with E-state index in [2.05, 4.69) is 24.1 Å². The number of aromatic nitrogens is 2. The third kappa shape index (κ3) is 4.83. The molecule has 194 valence electrons. The van der Waals surface area contributed by atoms with Crippen LogP contribution in [0.1, 0.15) is 66.9 Å². The lowest BCUT2D eigenvalue weighted by atomic mass is 9.80. The molecule has 0 atom stereocenters. The summed E-state index contributed by atoms with van der Waals surface area (Å²) in [6.45, 7) is 4.09. The summed E-state index contributed by atoms with van der Waals surface area (Å²) in [5.74, 6) is -0.922. The predicted molar refractivity (Wildman–Crippen MR) is 141 cm³/mol. The second-order valence-electron chi connectivity index (χ2n) is 10.9. The number of nitrogens with two attached hydrogens (primary N) is 2. The molecule has 1 aliphatic carbocycles. The number of nitrogens with zero attached hydrogens (tertiary/aromatic N) is 2. The monoisotopic (exact) mass is 503 g/mol. The molecule has 1 aliphatic heterocycles. The highest BCUT2D eigenvalue weighted by atomic mass is 16.5. The van der Waals surface area contributed by atoms with Crippen LogP contribution in [0.4, 0.5) is 5.69 Å². The van der Waals surface area contributed by atoms with Crippen LogP contribution in [0.5, 0.6) is 0 Å². The van der Waals surface area contributed by atoms with Crippen molar-refractivity contribution < 1.29 is 19.1 Å². The zero-order chi connectivity index (χ0) is 26.3. The van der Waals surface area contributed by atoms with E-state index >= 15 is 0 Å². The Labute approximate surface area is 215 Å². The maximum absolute atomic E-state index is 13.2. The first-order valence-electron chi connectivity index (χ1n) is 12.8. The molecule has 9 heteroatoms. The molecule has 0 spiro atoms.